The number of carbonyl (C=O) groups is 1. The van der Waals surface area contributed by atoms with Crippen molar-refractivity contribution in [3.63, 3.8) is 0 Å². The van der Waals surface area contributed by atoms with Gasteiger partial charge in [-0.15, -0.1) is 0 Å². The van der Waals surface area contributed by atoms with Crippen LogP contribution in [0.3, 0.4) is 0 Å². The third-order valence-corrected chi connectivity index (χ3v) is 5.24. The maximum atomic E-state index is 12.6. The molecule has 1 amide bonds. The van der Waals surface area contributed by atoms with Crippen LogP contribution >= 0.6 is 23.8 Å². The Hall–Kier alpha value is -3.62. The molecule has 0 aliphatic heterocycles. The number of anilines is 1. The van der Waals surface area contributed by atoms with Crippen molar-refractivity contribution in [3.05, 3.63) is 82.7 Å². The third-order valence-electron chi connectivity index (χ3n) is 4.80. The van der Waals surface area contributed by atoms with Crippen molar-refractivity contribution in [3.8, 4) is 11.5 Å². The Balaban J connectivity index is 1.37. The van der Waals surface area contributed by atoms with E-state index in [1.54, 1.807) is 36.4 Å². The van der Waals surface area contributed by atoms with Crippen molar-refractivity contribution in [2.75, 3.05) is 19.5 Å². The Morgan fingerprint density at radius 2 is 1.73 bits per heavy atom. The van der Waals surface area contributed by atoms with E-state index in [2.05, 4.69) is 15.6 Å². The fourth-order valence-corrected chi connectivity index (χ4v) is 3.56. The highest BCUT2D eigenvalue weighted by molar-refractivity contribution is 7.80. The van der Waals surface area contributed by atoms with Crippen LogP contribution in [0, 0.1) is 0 Å². The van der Waals surface area contributed by atoms with Gasteiger partial charge >= 0.3 is 0 Å². The van der Waals surface area contributed by atoms with E-state index in [9.17, 15) is 4.79 Å². The van der Waals surface area contributed by atoms with Crippen LogP contribution in [0.4, 0.5) is 5.69 Å². The number of oxazole rings is 1. The molecule has 0 fully saturated rings. The van der Waals surface area contributed by atoms with Crippen molar-refractivity contribution in [2.45, 2.75) is 6.42 Å². The molecule has 0 radical (unpaired) electrons. The van der Waals surface area contributed by atoms with E-state index >= 15 is 0 Å². The van der Waals surface area contributed by atoms with Gasteiger partial charge in [0.2, 0.25) is 0 Å². The van der Waals surface area contributed by atoms with Crippen LogP contribution < -0.4 is 20.1 Å². The lowest BCUT2D eigenvalue weighted by Gasteiger charge is -2.11. The molecule has 0 bridgehead atoms. The van der Waals surface area contributed by atoms with Crippen molar-refractivity contribution < 1.29 is 18.7 Å². The van der Waals surface area contributed by atoms with Crippen LogP contribution in [0.15, 0.2) is 65.1 Å². The fraction of sp³-hybridized carbons (Fsp3) is 0.125. The number of benzene rings is 3. The molecule has 9 heteroatoms. The summed E-state index contributed by atoms with van der Waals surface area (Å²) in [5.41, 5.74) is 3.53. The second kappa shape index (κ2) is 9.89. The van der Waals surface area contributed by atoms with Crippen molar-refractivity contribution in [2.24, 2.45) is 0 Å². The molecule has 0 aliphatic carbocycles. The topological polar surface area (TPSA) is 85.6 Å². The van der Waals surface area contributed by atoms with Gasteiger partial charge in [-0.2, -0.15) is 0 Å². The Morgan fingerprint density at radius 1 is 1.03 bits per heavy atom. The summed E-state index contributed by atoms with van der Waals surface area (Å²) in [5.74, 6) is 1.24. The molecule has 168 valence electrons. The van der Waals surface area contributed by atoms with Gasteiger partial charge in [0.15, 0.2) is 16.6 Å². The number of fused-ring (bicyclic) bond motifs is 1. The molecule has 4 rings (SSSR count). The van der Waals surface area contributed by atoms with E-state index in [-0.39, 0.29) is 11.0 Å². The minimum absolute atomic E-state index is 0.172. The first-order valence-electron chi connectivity index (χ1n) is 9.93. The summed E-state index contributed by atoms with van der Waals surface area (Å²) in [6.45, 7) is 0. The van der Waals surface area contributed by atoms with Crippen molar-refractivity contribution >= 4 is 51.6 Å². The molecule has 0 unspecified atom stereocenters. The highest BCUT2D eigenvalue weighted by Crippen LogP contribution is 2.23. The zero-order chi connectivity index (χ0) is 23.4. The first kappa shape index (κ1) is 22.6. The zero-order valence-corrected chi connectivity index (χ0v) is 19.4. The molecule has 0 saturated heterocycles. The van der Waals surface area contributed by atoms with Crippen LogP contribution in [0.2, 0.25) is 5.02 Å². The molecule has 1 heterocycles. The van der Waals surface area contributed by atoms with E-state index in [0.29, 0.717) is 40.0 Å². The monoisotopic (exact) mass is 481 g/mol. The van der Waals surface area contributed by atoms with Gasteiger partial charge in [-0.3, -0.25) is 10.1 Å². The summed E-state index contributed by atoms with van der Waals surface area (Å²) in [6, 6.07) is 17.8. The van der Waals surface area contributed by atoms with E-state index < -0.39 is 0 Å². The van der Waals surface area contributed by atoms with Gasteiger partial charge in [0, 0.05) is 28.8 Å². The summed E-state index contributed by atoms with van der Waals surface area (Å²) in [6.07, 6.45) is 0.533. The van der Waals surface area contributed by atoms with Gasteiger partial charge in [-0.25, -0.2) is 4.98 Å². The predicted molar refractivity (Wildman–Crippen MR) is 131 cm³/mol. The van der Waals surface area contributed by atoms with Crippen molar-refractivity contribution in [1.29, 1.82) is 0 Å². The smallest absolute Gasteiger partial charge is 0.257 e. The van der Waals surface area contributed by atoms with Crippen LogP contribution in [-0.2, 0) is 6.42 Å². The number of amides is 1. The molecule has 0 atom stereocenters. The average molecular weight is 482 g/mol. The second-order valence-electron chi connectivity index (χ2n) is 7.10. The molecular weight excluding hydrogens is 462 g/mol. The number of nitrogens with one attached hydrogen (secondary N) is 2. The predicted octanol–water partition coefficient (Wildman–Crippen LogP) is 5.22. The summed E-state index contributed by atoms with van der Waals surface area (Å²) >= 11 is 11.3. The van der Waals surface area contributed by atoms with Gasteiger partial charge in [0.25, 0.3) is 5.91 Å². The normalized spacial score (nSPS) is 10.6. The molecular formula is C24H20ClN3O4S. The maximum absolute atomic E-state index is 12.6. The summed E-state index contributed by atoms with van der Waals surface area (Å²) in [4.78, 5) is 17.0. The average Bonchev–Trinajstić information content (AvgIpc) is 3.21. The van der Waals surface area contributed by atoms with Gasteiger partial charge in [0.05, 0.1) is 14.2 Å². The molecule has 0 saturated carbocycles. The number of hydrogen-bond acceptors (Lipinski definition) is 6. The largest absolute Gasteiger partial charge is 0.497 e. The summed E-state index contributed by atoms with van der Waals surface area (Å²) in [5, 5.41) is 6.45. The van der Waals surface area contributed by atoms with Gasteiger partial charge < -0.3 is 19.2 Å². The number of aromatic nitrogens is 1. The molecule has 0 aliphatic rings. The van der Waals surface area contributed by atoms with E-state index in [1.807, 2.05) is 24.3 Å². The number of nitrogens with zero attached hydrogens (tertiary/aromatic N) is 1. The minimum atomic E-state index is -0.377. The van der Waals surface area contributed by atoms with E-state index in [0.717, 1.165) is 16.8 Å². The summed E-state index contributed by atoms with van der Waals surface area (Å²) in [7, 11) is 3.04. The van der Waals surface area contributed by atoms with Crippen molar-refractivity contribution in [1.82, 2.24) is 10.3 Å². The second-order valence-corrected chi connectivity index (χ2v) is 7.95. The van der Waals surface area contributed by atoms with Gasteiger partial charge in [-0.05, 0) is 60.2 Å². The van der Waals surface area contributed by atoms with E-state index in [4.69, 9.17) is 37.7 Å². The lowest BCUT2D eigenvalue weighted by atomic mass is 10.1. The zero-order valence-electron chi connectivity index (χ0n) is 17.8. The van der Waals surface area contributed by atoms with E-state index in [1.165, 1.54) is 14.2 Å². The number of carbonyl (C=O) groups excluding carboxylic acids is 1. The number of hydrogen-bond donors (Lipinski definition) is 2. The first-order chi connectivity index (χ1) is 15.9. The first-order valence-corrected chi connectivity index (χ1v) is 10.7. The molecule has 2 N–H and O–H groups in total. The van der Waals surface area contributed by atoms with Crippen LogP contribution in [0.25, 0.3) is 11.1 Å². The molecule has 0 spiro atoms. The Bertz CT molecular complexity index is 1300. The highest BCUT2D eigenvalue weighted by atomic mass is 35.5. The van der Waals surface area contributed by atoms with Gasteiger partial charge in [-0.1, -0.05) is 23.7 Å². The number of ether oxygens (including phenoxy) is 2. The standard InChI is InChI=1S/C24H20ClN3O4S/c1-30-18-10-15(11-19(13-18)31-2)23(29)28-24(33)26-17-6-3-14(4-7-17)9-22-27-20-12-16(25)5-8-21(20)32-22/h3-8,10-13H,9H2,1-2H3,(H2,26,28,29,33). The number of methoxy groups -OCH3 is 2. The number of rotatable bonds is 6. The third kappa shape index (κ3) is 5.60. The van der Waals surface area contributed by atoms with Crippen LogP contribution in [-0.4, -0.2) is 30.2 Å². The minimum Gasteiger partial charge on any atom is -0.497 e. The maximum Gasteiger partial charge on any atom is 0.257 e. The number of halogens is 1. The SMILES string of the molecule is COc1cc(OC)cc(C(=O)NC(=S)Nc2ccc(Cc3nc4cc(Cl)ccc4o3)cc2)c1. The van der Waals surface area contributed by atoms with Crippen LogP contribution in [0.5, 0.6) is 11.5 Å². The molecule has 7 nitrogen and oxygen atoms in total. The lowest BCUT2D eigenvalue weighted by molar-refractivity contribution is 0.0977. The molecule has 3 aromatic carbocycles. The molecule has 1 aromatic heterocycles. The molecule has 33 heavy (non-hydrogen) atoms. The summed E-state index contributed by atoms with van der Waals surface area (Å²) < 4.78 is 16.2. The van der Waals surface area contributed by atoms with Crippen LogP contribution in [0.1, 0.15) is 21.8 Å². The lowest BCUT2D eigenvalue weighted by Crippen LogP contribution is -2.34. The Labute approximate surface area is 200 Å². The Morgan fingerprint density at radius 3 is 2.39 bits per heavy atom. The number of thiocarbonyl (C=S) groups is 1. The highest BCUT2D eigenvalue weighted by Gasteiger charge is 2.12. The Kier molecular flexibility index (Phi) is 6.76. The van der Waals surface area contributed by atoms with Gasteiger partial charge in [0.1, 0.15) is 17.0 Å². The quantitative estimate of drug-likeness (QED) is 0.365. The fourth-order valence-electron chi connectivity index (χ4n) is 3.18. The molecule has 4 aromatic rings.